The van der Waals surface area contributed by atoms with E-state index in [1.54, 1.807) is 18.2 Å². The quantitative estimate of drug-likeness (QED) is 0.351. The van der Waals surface area contributed by atoms with E-state index in [0.717, 1.165) is 30.4 Å². The van der Waals surface area contributed by atoms with Crippen molar-refractivity contribution in [3.05, 3.63) is 66.3 Å². The monoisotopic (exact) mass is 411 g/mol. The summed E-state index contributed by atoms with van der Waals surface area (Å²) in [5.74, 6) is -0.200. The number of rotatable bonds is 8. The molecule has 2 aromatic rings. The molecule has 0 spiro atoms. The number of halogens is 2. The van der Waals surface area contributed by atoms with Gasteiger partial charge >= 0.3 is 0 Å². The molecule has 3 rings (SSSR count). The van der Waals surface area contributed by atoms with Gasteiger partial charge in [-0.25, -0.2) is 8.78 Å². The maximum atomic E-state index is 14.9. The average Bonchev–Trinajstić information content (AvgIpc) is 2.75. The topological polar surface area (TPSA) is 29.1 Å². The van der Waals surface area contributed by atoms with Crippen molar-refractivity contribution < 1.29 is 13.6 Å². The van der Waals surface area contributed by atoms with E-state index in [1.165, 1.54) is 50.7 Å². The summed E-state index contributed by atoms with van der Waals surface area (Å²) in [5, 5.41) is 2.40. The number of hydrogen-bond donors (Lipinski definition) is 1. The zero-order chi connectivity index (χ0) is 21.5. The van der Waals surface area contributed by atoms with Gasteiger partial charge in [0.15, 0.2) is 0 Å². The molecule has 1 fully saturated rings. The molecular formula is C26H31F2NO. The SMILES string of the molecule is C=CC(=O)Nc1ccc(-c2ccc(C3CCC(CCCCC)CC3)cc2F)cc1F. The number of amides is 1. The Morgan fingerprint density at radius 3 is 2.47 bits per heavy atom. The minimum Gasteiger partial charge on any atom is -0.320 e. The van der Waals surface area contributed by atoms with Crippen molar-refractivity contribution in [1.29, 1.82) is 0 Å². The minimum atomic E-state index is -0.604. The van der Waals surface area contributed by atoms with E-state index in [1.807, 2.05) is 6.07 Å². The van der Waals surface area contributed by atoms with E-state index in [-0.39, 0.29) is 11.5 Å². The number of hydrogen-bond acceptors (Lipinski definition) is 1. The molecule has 30 heavy (non-hydrogen) atoms. The molecule has 0 radical (unpaired) electrons. The zero-order valence-electron chi connectivity index (χ0n) is 17.7. The summed E-state index contributed by atoms with van der Waals surface area (Å²) in [6.07, 6.45) is 11.0. The van der Waals surface area contributed by atoms with Crippen molar-refractivity contribution in [2.45, 2.75) is 64.2 Å². The first-order valence-corrected chi connectivity index (χ1v) is 11.0. The van der Waals surface area contributed by atoms with E-state index in [4.69, 9.17) is 0 Å². The number of nitrogens with one attached hydrogen (secondary N) is 1. The second kappa shape index (κ2) is 10.5. The molecule has 4 heteroatoms. The van der Waals surface area contributed by atoms with Gasteiger partial charge in [-0.15, -0.1) is 0 Å². The molecule has 1 saturated carbocycles. The van der Waals surface area contributed by atoms with Crippen LogP contribution in [0.4, 0.5) is 14.5 Å². The van der Waals surface area contributed by atoms with Crippen LogP contribution in [-0.2, 0) is 4.79 Å². The normalized spacial score (nSPS) is 18.8. The Bertz CT molecular complexity index is 885. The van der Waals surface area contributed by atoms with Crippen LogP contribution >= 0.6 is 0 Å². The number of carbonyl (C=O) groups excluding carboxylic acids is 1. The predicted molar refractivity (Wildman–Crippen MR) is 119 cm³/mol. The van der Waals surface area contributed by atoms with Gasteiger partial charge < -0.3 is 5.32 Å². The third-order valence-electron chi connectivity index (χ3n) is 6.25. The van der Waals surface area contributed by atoms with Gasteiger partial charge in [0.1, 0.15) is 11.6 Å². The molecule has 1 amide bonds. The molecule has 0 heterocycles. The van der Waals surface area contributed by atoms with E-state index < -0.39 is 11.7 Å². The van der Waals surface area contributed by atoms with Crippen molar-refractivity contribution in [2.75, 3.05) is 5.32 Å². The molecule has 2 nitrogen and oxygen atoms in total. The lowest BCUT2D eigenvalue weighted by atomic mass is 9.77. The fourth-order valence-corrected chi connectivity index (χ4v) is 4.45. The predicted octanol–water partition coefficient (Wildman–Crippen LogP) is 7.61. The Kier molecular flexibility index (Phi) is 7.78. The Balaban J connectivity index is 1.67. The van der Waals surface area contributed by atoms with E-state index in [9.17, 15) is 13.6 Å². The highest BCUT2D eigenvalue weighted by Crippen LogP contribution is 2.39. The maximum absolute atomic E-state index is 14.9. The van der Waals surface area contributed by atoms with Crippen LogP contribution < -0.4 is 5.32 Å². The van der Waals surface area contributed by atoms with E-state index >= 15 is 0 Å². The molecule has 1 N–H and O–H groups in total. The van der Waals surface area contributed by atoms with Crippen molar-refractivity contribution in [2.24, 2.45) is 5.92 Å². The molecule has 0 bridgehead atoms. The highest BCUT2D eigenvalue weighted by Gasteiger charge is 2.23. The first-order valence-electron chi connectivity index (χ1n) is 11.0. The molecule has 2 aromatic carbocycles. The second-order valence-corrected chi connectivity index (χ2v) is 8.34. The lowest BCUT2D eigenvalue weighted by molar-refractivity contribution is -0.111. The molecule has 1 aliphatic carbocycles. The molecule has 1 aliphatic rings. The number of benzene rings is 2. The number of unbranched alkanes of at least 4 members (excludes halogenated alkanes) is 2. The number of anilines is 1. The Morgan fingerprint density at radius 2 is 1.83 bits per heavy atom. The lowest BCUT2D eigenvalue weighted by Crippen LogP contribution is -2.13. The van der Waals surface area contributed by atoms with Gasteiger partial charge in [-0.2, -0.15) is 0 Å². The Labute approximate surface area is 178 Å². The number of carbonyl (C=O) groups is 1. The van der Waals surface area contributed by atoms with Gasteiger partial charge in [-0.3, -0.25) is 4.79 Å². The minimum absolute atomic E-state index is 0.0522. The van der Waals surface area contributed by atoms with Crippen LogP contribution in [0.1, 0.15) is 69.8 Å². The van der Waals surface area contributed by atoms with E-state index in [2.05, 4.69) is 18.8 Å². The standard InChI is InChI=1S/C26H31F2NO/c1-3-5-6-7-18-8-10-19(11-9-18)20-12-14-22(23(27)16-20)21-13-15-25(24(28)17-21)29-26(30)4-2/h4,12-19H,2-3,5-11H2,1H3,(H,29,30). The molecular weight excluding hydrogens is 380 g/mol. The third kappa shape index (κ3) is 5.56. The summed E-state index contributed by atoms with van der Waals surface area (Å²) in [7, 11) is 0. The van der Waals surface area contributed by atoms with Gasteiger partial charge in [-0.05, 0) is 72.9 Å². The van der Waals surface area contributed by atoms with Crippen LogP contribution in [0.2, 0.25) is 0 Å². The lowest BCUT2D eigenvalue weighted by Gasteiger charge is -2.29. The van der Waals surface area contributed by atoms with Crippen molar-refractivity contribution >= 4 is 11.6 Å². The molecule has 160 valence electrons. The summed E-state index contributed by atoms with van der Waals surface area (Å²) in [4.78, 5) is 11.4. The fourth-order valence-electron chi connectivity index (χ4n) is 4.45. The summed E-state index contributed by atoms with van der Waals surface area (Å²) in [6.45, 7) is 5.58. The van der Waals surface area contributed by atoms with Gasteiger partial charge in [0.2, 0.25) is 5.91 Å². The highest BCUT2D eigenvalue weighted by molar-refractivity contribution is 5.99. The van der Waals surface area contributed by atoms with Crippen LogP contribution in [0.3, 0.4) is 0 Å². The fraction of sp³-hybridized carbons (Fsp3) is 0.423. The average molecular weight is 412 g/mol. The summed E-state index contributed by atoms with van der Waals surface area (Å²) in [6, 6.07) is 9.64. The van der Waals surface area contributed by atoms with Crippen molar-refractivity contribution in [1.82, 2.24) is 0 Å². The van der Waals surface area contributed by atoms with Gasteiger partial charge in [0, 0.05) is 5.56 Å². The van der Waals surface area contributed by atoms with Crippen molar-refractivity contribution in [3.8, 4) is 11.1 Å². The largest absolute Gasteiger partial charge is 0.320 e. The van der Waals surface area contributed by atoms with Crippen LogP contribution in [-0.4, -0.2) is 5.91 Å². The van der Waals surface area contributed by atoms with Crippen molar-refractivity contribution in [3.63, 3.8) is 0 Å². The Morgan fingerprint density at radius 1 is 1.07 bits per heavy atom. The van der Waals surface area contributed by atoms with Crippen LogP contribution in [0.25, 0.3) is 11.1 Å². The van der Waals surface area contributed by atoms with Gasteiger partial charge in [0.25, 0.3) is 0 Å². The maximum Gasteiger partial charge on any atom is 0.247 e. The summed E-state index contributed by atoms with van der Waals surface area (Å²) >= 11 is 0. The smallest absolute Gasteiger partial charge is 0.247 e. The van der Waals surface area contributed by atoms with Crippen LogP contribution in [0, 0.1) is 17.6 Å². The molecule has 0 aliphatic heterocycles. The van der Waals surface area contributed by atoms with Crippen LogP contribution in [0.5, 0.6) is 0 Å². The van der Waals surface area contributed by atoms with E-state index in [0.29, 0.717) is 17.0 Å². The van der Waals surface area contributed by atoms with Gasteiger partial charge in [0.05, 0.1) is 5.69 Å². The summed E-state index contributed by atoms with van der Waals surface area (Å²) < 4.78 is 29.2. The first-order chi connectivity index (χ1) is 14.5. The molecule has 0 saturated heterocycles. The highest BCUT2D eigenvalue weighted by atomic mass is 19.1. The first kappa shape index (κ1) is 22.2. The molecule has 0 unspecified atom stereocenters. The van der Waals surface area contributed by atoms with Crippen LogP contribution in [0.15, 0.2) is 49.1 Å². The molecule has 0 aromatic heterocycles. The zero-order valence-corrected chi connectivity index (χ0v) is 17.7. The summed E-state index contributed by atoms with van der Waals surface area (Å²) in [5.41, 5.74) is 1.91. The van der Waals surface area contributed by atoms with Gasteiger partial charge in [-0.1, -0.05) is 57.4 Å². The Hall–Kier alpha value is -2.49. The third-order valence-corrected chi connectivity index (χ3v) is 6.25. The second-order valence-electron chi connectivity index (χ2n) is 8.34. The molecule has 0 atom stereocenters.